The van der Waals surface area contributed by atoms with E-state index in [0.717, 1.165) is 37.1 Å². The molecule has 0 fully saturated rings. The Hall–Kier alpha value is -0.930. The highest BCUT2D eigenvalue weighted by atomic mass is 19.1. The van der Waals surface area contributed by atoms with Crippen molar-refractivity contribution in [2.45, 2.75) is 26.3 Å². The number of aliphatic hydroxyl groups excluding tert-OH is 1. The molecule has 1 rings (SSSR count). The summed E-state index contributed by atoms with van der Waals surface area (Å²) in [5.41, 5.74) is 2.10. The topological polar surface area (TPSA) is 32.3 Å². The van der Waals surface area contributed by atoms with Crippen LogP contribution in [0, 0.1) is 12.7 Å². The van der Waals surface area contributed by atoms with Gasteiger partial charge in [0.05, 0.1) is 0 Å². The normalized spacial score (nSPS) is 10.6. The SMILES string of the molecule is Cc1cc(F)ccc1CNCCCCO. The number of rotatable bonds is 6. The fourth-order valence-electron chi connectivity index (χ4n) is 1.44. The van der Waals surface area contributed by atoms with Crippen molar-refractivity contribution in [1.29, 1.82) is 0 Å². The maximum absolute atomic E-state index is 12.8. The molecule has 1 aromatic rings. The van der Waals surface area contributed by atoms with Gasteiger partial charge in [0.25, 0.3) is 0 Å². The molecule has 0 radical (unpaired) electrons. The molecule has 0 bridgehead atoms. The number of benzene rings is 1. The predicted octanol–water partition coefficient (Wildman–Crippen LogP) is 2.00. The van der Waals surface area contributed by atoms with E-state index in [0.29, 0.717) is 0 Å². The maximum atomic E-state index is 12.8. The number of unbranched alkanes of at least 4 members (excludes halogenated alkanes) is 1. The molecule has 2 nitrogen and oxygen atoms in total. The van der Waals surface area contributed by atoms with Gasteiger partial charge in [0.1, 0.15) is 5.82 Å². The minimum atomic E-state index is -0.184. The smallest absolute Gasteiger partial charge is 0.123 e. The van der Waals surface area contributed by atoms with E-state index in [2.05, 4.69) is 5.32 Å². The lowest BCUT2D eigenvalue weighted by atomic mass is 10.1. The number of nitrogens with one attached hydrogen (secondary N) is 1. The molecule has 0 amide bonds. The second kappa shape index (κ2) is 6.53. The lowest BCUT2D eigenvalue weighted by Crippen LogP contribution is -2.15. The monoisotopic (exact) mass is 211 g/mol. The molecule has 84 valence electrons. The van der Waals surface area contributed by atoms with Crippen LogP contribution >= 0.6 is 0 Å². The second-order valence-electron chi connectivity index (χ2n) is 3.68. The van der Waals surface area contributed by atoms with E-state index in [1.165, 1.54) is 6.07 Å². The van der Waals surface area contributed by atoms with Crippen molar-refractivity contribution in [2.75, 3.05) is 13.2 Å². The summed E-state index contributed by atoms with van der Waals surface area (Å²) in [6.07, 6.45) is 1.80. The molecular formula is C12H18FNO. The average Bonchev–Trinajstić information content (AvgIpc) is 2.20. The molecule has 0 heterocycles. The summed E-state index contributed by atoms with van der Waals surface area (Å²) >= 11 is 0. The van der Waals surface area contributed by atoms with Crippen LogP contribution in [0.4, 0.5) is 4.39 Å². The van der Waals surface area contributed by atoms with E-state index in [-0.39, 0.29) is 12.4 Å². The van der Waals surface area contributed by atoms with Crippen LogP contribution in [0.3, 0.4) is 0 Å². The third-order valence-corrected chi connectivity index (χ3v) is 2.38. The molecule has 0 spiro atoms. The highest BCUT2D eigenvalue weighted by Crippen LogP contribution is 2.09. The Bertz CT molecular complexity index is 302. The lowest BCUT2D eigenvalue weighted by molar-refractivity contribution is 0.283. The van der Waals surface area contributed by atoms with Gasteiger partial charge in [-0.2, -0.15) is 0 Å². The summed E-state index contributed by atoms with van der Waals surface area (Å²) in [5.74, 6) is -0.184. The van der Waals surface area contributed by atoms with Gasteiger partial charge in [0, 0.05) is 13.2 Å². The van der Waals surface area contributed by atoms with Crippen molar-refractivity contribution in [2.24, 2.45) is 0 Å². The van der Waals surface area contributed by atoms with Crippen molar-refractivity contribution in [3.8, 4) is 0 Å². The lowest BCUT2D eigenvalue weighted by Gasteiger charge is -2.07. The Balaban J connectivity index is 2.31. The highest BCUT2D eigenvalue weighted by Gasteiger charge is 1.99. The van der Waals surface area contributed by atoms with Crippen LogP contribution < -0.4 is 5.32 Å². The third-order valence-electron chi connectivity index (χ3n) is 2.38. The van der Waals surface area contributed by atoms with Crippen LogP contribution in [-0.2, 0) is 6.54 Å². The van der Waals surface area contributed by atoms with Gasteiger partial charge in [-0.3, -0.25) is 0 Å². The molecule has 0 aliphatic carbocycles. The first kappa shape index (κ1) is 12.1. The van der Waals surface area contributed by atoms with Crippen molar-refractivity contribution in [3.63, 3.8) is 0 Å². The molecule has 0 saturated heterocycles. The van der Waals surface area contributed by atoms with Crippen molar-refractivity contribution in [1.82, 2.24) is 5.32 Å². The van der Waals surface area contributed by atoms with Crippen LogP contribution in [0.5, 0.6) is 0 Å². The average molecular weight is 211 g/mol. The third kappa shape index (κ3) is 4.40. The van der Waals surface area contributed by atoms with Gasteiger partial charge in [-0.15, -0.1) is 0 Å². The first-order valence-electron chi connectivity index (χ1n) is 5.30. The Morgan fingerprint density at radius 3 is 2.80 bits per heavy atom. The molecule has 0 atom stereocenters. The Kier molecular flexibility index (Phi) is 5.29. The molecule has 0 aliphatic rings. The zero-order valence-corrected chi connectivity index (χ0v) is 9.09. The molecule has 3 heteroatoms. The molecular weight excluding hydrogens is 193 g/mol. The van der Waals surface area contributed by atoms with Crippen molar-refractivity contribution in [3.05, 3.63) is 35.1 Å². The van der Waals surface area contributed by atoms with E-state index in [4.69, 9.17) is 5.11 Å². The molecule has 0 unspecified atom stereocenters. The van der Waals surface area contributed by atoms with Crippen LogP contribution in [-0.4, -0.2) is 18.3 Å². The van der Waals surface area contributed by atoms with Gasteiger partial charge >= 0.3 is 0 Å². The Morgan fingerprint density at radius 2 is 2.13 bits per heavy atom. The molecule has 0 saturated carbocycles. The van der Waals surface area contributed by atoms with Gasteiger partial charge in [0.2, 0.25) is 0 Å². The van der Waals surface area contributed by atoms with E-state index >= 15 is 0 Å². The van der Waals surface area contributed by atoms with E-state index in [1.807, 2.05) is 13.0 Å². The predicted molar refractivity (Wildman–Crippen MR) is 59.2 cm³/mol. The summed E-state index contributed by atoms with van der Waals surface area (Å²) in [6.45, 7) is 3.81. The van der Waals surface area contributed by atoms with Crippen LogP contribution in [0.1, 0.15) is 24.0 Å². The minimum absolute atomic E-state index is 0.184. The standard InChI is InChI=1S/C12H18FNO/c1-10-8-12(13)5-4-11(10)9-14-6-2-3-7-15/h4-5,8,14-15H,2-3,6-7,9H2,1H3. The van der Waals surface area contributed by atoms with Gasteiger partial charge in [-0.1, -0.05) is 6.07 Å². The largest absolute Gasteiger partial charge is 0.396 e. The molecule has 0 aromatic heterocycles. The highest BCUT2D eigenvalue weighted by molar-refractivity contribution is 5.26. The Morgan fingerprint density at radius 1 is 1.33 bits per heavy atom. The van der Waals surface area contributed by atoms with Gasteiger partial charge in [0.15, 0.2) is 0 Å². The quantitative estimate of drug-likeness (QED) is 0.705. The minimum Gasteiger partial charge on any atom is -0.396 e. The number of hydrogen-bond donors (Lipinski definition) is 2. The summed E-state index contributed by atoms with van der Waals surface area (Å²) < 4.78 is 12.8. The number of halogens is 1. The summed E-state index contributed by atoms with van der Waals surface area (Å²) in [5, 5.41) is 11.9. The van der Waals surface area contributed by atoms with E-state index in [1.54, 1.807) is 6.07 Å². The summed E-state index contributed by atoms with van der Waals surface area (Å²) in [6, 6.07) is 4.84. The van der Waals surface area contributed by atoms with Crippen LogP contribution in [0.15, 0.2) is 18.2 Å². The van der Waals surface area contributed by atoms with Crippen LogP contribution in [0.2, 0.25) is 0 Å². The van der Waals surface area contributed by atoms with Gasteiger partial charge in [-0.05, 0) is 49.6 Å². The van der Waals surface area contributed by atoms with Crippen LogP contribution in [0.25, 0.3) is 0 Å². The van der Waals surface area contributed by atoms with Crippen molar-refractivity contribution >= 4 is 0 Å². The van der Waals surface area contributed by atoms with Gasteiger partial charge in [-0.25, -0.2) is 4.39 Å². The summed E-state index contributed by atoms with van der Waals surface area (Å²) in [4.78, 5) is 0. The molecule has 0 aliphatic heterocycles. The van der Waals surface area contributed by atoms with E-state index in [9.17, 15) is 4.39 Å². The fraction of sp³-hybridized carbons (Fsp3) is 0.500. The van der Waals surface area contributed by atoms with E-state index < -0.39 is 0 Å². The fourth-order valence-corrected chi connectivity index (χ4v) is 1.44. The zero-order chi connectivity index (χ0) is 11.1. The number of hydrogen-bond acceptors (Lipinski definition) is 2. The van der Waals surface area contributed by atoms with Gasteiger partial charge < -0.3 is 10.4 Å². The maximum Gasteiger partial charge on any atom is 0.123 e. The molecule has 1 aromatic carbocycles. The molecule has 2 N–H and O–H groups in total. The summed E-state index contributed by atoms with van der Waals surface area (Å²) in [7, 11) is 0. The number of aliphatic hydroxyl groups is 1. The Labute approximate surface area is 90.1 Å². The molecule has 15 heavy (non-hydrogen) atoms. The zero-order valence-electron chi connectivity index (χ0n) is 9.09. The first-order chi connectivity index (χ1) is 7.24. The number of aryl methyl sites for hydroxylation is 1. The van der Waals surface area contributed by atoms with Crippen molar-refractivity contribution < 1.29 is 9.50 Å². The second-order valence-corrected chi connectivity index (χ2v) is 3.68. The first-order valence-corrected chi connectivity index (χ1v) is 5.30.